The average molecular weight is 420 g/mol. The third-order valence-electron chi connectivity index (χ3n) is 4.66. The fourth-order valence-electron chi connectivity index (χ4n) is 3.12. The van der Waals surface area contributed by atoms with Crippen molar-refractivity contribution in [2.24, 2.45) is 0 Å². The predicted octanol–water partition coefficient (Wildman–Crippen LogP) is 5.41. The van der Waals surface area contributed by atoms with Gasteiger partial charge in [0.1, 0.15) is 35.7 Å². The normalized spacial score (nSPS) is 10.9. The third-order valence-corrected chi connectivity index (χ3v) is 4.66. The number of ether oxygens (including phenoxy) is 2. The van der Waals surface area contributed by atoms with Gasteiger partial charge in [-0.25, -0.2) is 4.79 Å². The first-order chi connectivity index (χ1) is 15.0. The van der Waals surface area contributed by atoms with Gasteiger partial charge in [-0.15, -0.1) is 0 Å². The van der Waals surface area contributed by atoms with Crippen LogP contribution in [0.1, 0.15) is 35.2 Å². The highest BCUT2D eigenvalue weighted by Gasteiger charge is 2.12. The molecule has 158 valence electrons. The van der Waals surface area contributed by atoms with Crippen molar-refractivity contribution in [3.05, 3.63) is 88.2 Å². The number of aromatic carboxylic acids is 1. The Balaban J connectivity index is 1.49. The summed E-state index contributed by atoms with van der Waals surface area (Å²) in [6.07, 6.45) is 3.33. The van der Waals surface area contributed by atoms with Gasteiger partial charge in [-0.1, -0.05) is 25.5 Å². The molecule has 0 fully saturated rings. The topological polar surface area (TPSA) is 99.1 Å². The summed E-state index contributed by atoms with van der Waals surface area (Å²) in [6, 6.07) is 15.3. The van der Waals surface area contributed by atoms with Crippen molar-refractivity contribution in [3.8, 4) is 17.2 Å². The fraction of sp³-hybridized carbons (Fsp3) is 0.167. The van der Waals surface area contributed by atoms with E-state index < -0.39 is 5.97 Å². The summed E-state index contributed by atoms with van der Waals surface area (Å²) in [4.78, 5) is 23.6. The van der Waals surface area contributed by atoms with Gasteiger partial charge in [0.15, 0.2) is 0 Å². The quantitative estimate of drug-likeness (QED) is 0.407. The maximum Gasteiger partial charge on any atom is 0.371 e. The Morgan fingerprint density at radius 3 is 2.52 bits per heavy atom. The molecule has 4 aromatic rings. The molecular weight excluding hydrogens is 400 g/mol. The molecule has 1 N–H and O–H groups in total. The fourth-order valence-corrected chi connectivity index (χ4v) is 3.12. The molecule has 0 spiro atoms. The van der Waals surface area contributed by atoms with E-state index in [9.17, 15) is 9.59 Å². The van der Waals surface area contributed by atoms with Crippen LogP contribution in [0.25, 0.3) is 11.0 Å². The number of furan rings is 1. The summed E-state index contributed by atoms with van der Waals surface area (Å²) in [6.45, 7) is 2.16. The first-order valence-electron chi connectivity index (χ1n) is 9.80. The van der Waals surface area contributed by atoms with E-state index in [4.69, 9.17) is 23.4 Å². The van der Waals surface area contributed by atoms with E-state index in [0.29, 0.717) is 28.2 Å². The summed E-state index contributed by atoms with van der Waals surface area (Å²) >= 11 is 0. The Morgan fingerprint density at radius 1 is 1.03 bits per heavy atom. The molecular formula is C24H20O7. The lowest BCUT2D eigenvalue weighted by molar-refractivity contribution is 0.0658. The number of aryl methyl sites for hydroxylation is 1. The maximum absolute atomic E-state index is 12.8. The van der Waals surface area contributed by atoms with Crippen molar-refractivity contribution in [3.63, 3.8) is 0 Å². The van der Waals surface area contributed by atoms with Crippen LogP contribution in [0.5, 0.6) is 17.2 Å². The number of rotatable bonds is 8. The van der Waals surface area contributed by atoms with E-state index in [1.165, 1.54) is 24.0 Å². The number of benzene rings is 2. The number of carboxylic acid groups (broad SMARTS) is 1. The monoisotopic (exact) mass is 420 g/mol. The van der Waals surface area contributed by atoms with Crippen LogP contribution >= 0.6 is 0 Å². The van der Waals surface area contributed by atoms with E-state index >= 15 is 0 Å². The molecule has 4 rings (SSSR count). The summed E-state index contributed by atoms with van der Waals surface area (Å²) < 4.78 is 22.1. The van der Waals surface area contributed by atoms with Gasteiger partial charge < -0.3 is 23.4 Å². The molecule has 0 radical (unpaired) electrons. The first-order valence-corrected chi connectivity index (χ1v) is 9.80. The molecule has 0 unspecified atom stereocenters. The molecule has 0 aliphatic carbocycles. The van der Waals surface area contributed by atoms with Crippen molar-refractivity contribution >= 4 is 16.9 Å². The standard InChI is InChI=1S/C24H20O7/c1-2-3-15-4-6-16(7-5-15)30-22-14-29-21-12-17(8-10-19(21)23(22)25)28-13-18-9-11-20(31-18)24(26)27/h4-12,14H,2-3,13H2,1H3,(H,26,27). The Labute approximate surface area is 177 Å². The molecule has 2 heterocycles. The molecule has 0 saturated carbocycles. The van der Waals surface area contributed by atoms with E-state index in [0.717, 1.165) is 12.8 Å². The second kappa shape index (κ2) is 8.79. The van der Waals surface area contributed by atoms with Crippen LogP contribution in [0.15, 0.2) is 74.5 Å². The number of carboxylic acids is 1. The zero-order valence-electron chi connectivity index (χ0n) is 16.8. The lowest BCUT2D eigenvalue weighted by Crippen LogP contribution is -2.05. The summed E-state index contributed by atoms with van der Waals surface area (Å²) in [5.41, 5.74) is 1.27. The number of carbonyl (C=O) groups is 1. The van der Waals surface area contributed by atoms with Crippen LogP contribution in [0, 0.1) is 0 Å². The van der Waals surface area contributed by atoms with Gasteiger partial charge in [0.25, 0.3) is 0 Å². The number of hydrogen-bond donors (Lipinski definition) is 1. The minimum atomic E-state index is -1.14. The van der Waals surface area contributed by atoms with E-state index in [1.54, 1.807) is 18.2 Å². The van der Waals surface area contributed by atoms with Crippen LogP contribution in [-0.4, -0.2) is 11.1 Å². The van der Waals surface area contributed by atoms with Crippen molar-refractivity contribution < 1.29 is 28.2 Å². The molecule has 0 atom stereocenters. The van der Waals surface area contributed by atoms with E-state index in [1.807, 2.05) is 24.3 Å². The van der Waals surface area contributed by atoms with E-state index in [-0.39, 0.29) is 23.5 Å². The Kier molecular flexibility index (Phi) is 5.75. The molecule has 0 bridgehead atoms. The summed E-state index contributed by atoms with van der Waals surface area (Å²) in [5.74, 6) is 0.174. The Morgan fingerprint density at radius 2 is 1.81 bits per heavy atom. The van der Waals surface area contributed by atoms with Gasteiger partial charge in [-0.05, 0) is 48.4 Å². The van der Waals surface area contributed by atoms with Gasteiger partial charge in [0, 0.05) is 6.07 Å². The van der Waals surface area contributed by atoms with Crippen molar-refractivity contribution in [1.29, 1.82) is 0 Å². The lowest BCUT2D eigenvalue weighted by atomic mass is 10.1. The molecule has 7 nitrogen and oxygen atoms in total. The third kappa shape index (κ3) is 4.61. The summed E-state index contributed by atoms with van der Waals surface area (Å²) in [7, 11) is 0. The van der Waals surface area contributed by atoms with Gasteiger partial charge in [0.2, 0.25) is 16.9 Å². The largest absolute Gasteiger partial charge is 0.486 e. The zero-order valence-corrected chi connectivity index (χ0v) is 16.8. The molecule has 0 saturated heterocycles. The number of fused-ring (bicyclic) bond motifs is 1. The molecule has 0 aliphatic heterocycles. The SMILES string of the molecule is CCCc1ccc(Oc2coc3cc(OCc4ccc(C(=O)O)o4)ccc3c2=O)cc1. The Bertz CT molecular complexity index is 1270. The molecule has 31 heavy (non-hydrogen) atoms. The van der Waals surface area contributed by atoms with Crippen LogP contribution in [0.4, 0.5) is 0 Å². The predicted molar refractivity (Wildman–Crippen MR) is 113 cm³/mol. The van der Waals surface area contributed by atoms with Crippen molar-refractivity contribution in [2.75, 3.05) is 0 Å². The van der Waals surface area contributed by atoms with Crippen LogP contribution in [0.3, 0.4) is 0 Å². The smallest absolute Gasteiger partial charge is 0.371 e. The van der Waals surface area contributed by atoms with Gasteiger partial charge >= 0.3 is 5.97 Å². The highest BCUT2D eigenvalue weighted by atomic mass is 16.5. The highest BCUT2D eigenvalue weighted by Crippen LogP contribution is 2.25. The van der Waals surface area contributed by atoms with Crippen molar-refractivity contribution in [2.45, 2.75) is 26.4 Å². The molecule has 7 heteroatoms. The van der Waals surface area contributed by atoms with Gasteiger partial charge in [-0.3, -0.25) is 4.79 Å². The van der Waals surface area contributed by atoms with Crippen LogP contribution < -0.4 is 14.9 Å². The molecule has 0 aliphatic rings. The summed E-state index contributed by atoms with van der Waals surface area (Å²) in [5, 5.41) is 9.25. The second-order valence-electron chi connectivity index (χ2n) is 6.94. The highest BCUT2D eigenvalue weighted by molar-refractivity contribution is 5.84. The van der Waals surface area contributed by atoms with Crippen LogP contribution in [0.2, 0.25) is 0 Å². The van der Waals surface area contributed by atoms with Gasteiger partial charge in [-0.2, -0.15) is 0 Å². The maximum atomic E-state index is 12.8. The average Bonchev–Trinajstić information content (AvgIpc) is 3.25. The minimum absolute atomic E-state index is 0.0399. The van der Waals surface area contributed by atoms with Crippen LogP contribution in [-0.2, 0) is 13.0 Å². The molecule has 2 aromatic carbocycles. The minimum Gasteiger partial charge on any atom is -0.486 e. The lowest BCUT2D eigenvalue weighted by Gasteiger charge is -2.08. The van der Waals surface area contributed by atoms with E-state index in [2.05, 4.69) is 6.92 Å². The second-order valence-corrected chi connectivity index (χ2v) is 6.94. The zero-order chi connectivity index (χ0) is 21.8. The van der Waals surface area contributed by atoms with Gasteiger partial charge in [0.05, 0.1) is 5.39 Å². The molecule has 0 amide bonds. The van der Waals surface area contributed by atoms with Crippen molar-refractivity contribution in [1.82, 2.24) is 0 Å². The first kappa shape index (κ1) is 20.3. The molecule has 2 aromatic heterocycles. The Hall–Kier alpha value is -4.00. The number of hydrogen-bond acceptors (Lipinski definition) is 6.